The van der Waals surface area contributed by atoms with Crippen molar-refractivity contribution in [1.82, 2.24) is 14.8 Å². The molecular formula is C13H13BrN4. The van der Waals surface area contributed by atoms with Crippen molar-refractivity contribution < 1.29 is 0 Å². The number of nitrogens with zero attached hydrogens (tertiary/aromatic N) is 4. The Morgan fingerprint density at radius 3 is 2.83 bits per heavy atom. The van der Waals surface area contributed by atoms with Gasteiger partial charge in [0.25, 0.3) is 0 Å². The minimum Gasteiger partial charge on any atom is -0.359 e. The highest BCUT2D eigenvalue weighted by molar-refractivity contribution is 9.10. The lowest BCUT2D eigenvalue weighted by Crippen LogP contribution is -2.38. The van der Waals surface area contributed by atoms with Gasteiger partial charge in [0, 0.05) is 11.5 Å². The third kappa shape index (κ3) is 1.11. The van der Waals surface area contributed by atoms with Gasteiger partial charge in [-0.25, -0.2) is 9.67 Å². The number of halogens is 1. The summed E-state index contributed by atoms with van der Waals surface area (Å²) in [4.78, 5) is 7.00. The van der Waals surface area contributed by atoms with Crippen molar-refractivity contribution in [2.45, 2.75) is 25.3 Å². The van der Waals surface area contributed by atoms with Crippen LogP contribution in [0.15, 0.2) is 22.7 Å². The number of benzene rings is 1. The maximum Gasteiger partial charge on any atom is 0.158 e. The average molecular weight is 305 g/mol. The molecule has 0 N–H and O–H groups in total. The summed E-state index contributed by atoms with van der Waals surface area (Å²) in [5.41, 5.74) is 2.39. The Labute approximate surface area is 114 Å². The van der Waals surface area contributed by atoms with Gasteiger partial charge in [0.1, 0.15) is 11.4 Å². The molecule has 1 spiro atoms. The number of rotatable bonds is 0. The fraction of sp³-hybridized carbons (Fsp3) is 0.385. The van der Waals surface area contributed by atoms with Gasteiger partial charge in [-0.3, -0.25) is 0 Å². The molecule has 1 aliphatic heterocycles. The predicted molar refractivity (Wildman–Crippen MR) is 73.1 cm³/mol. The van der Waals surface area contributed by atoms with E-state index in [4.69, 9.17) is 0 Å². The zero-order chi connectivity index (χ0) is 12.5. The van der Waals surface area contributed by atoms with E-state index in [0.717, 1.165) is 34.7 Å². The summed E-state index contributed by atoms with van der Waals surface area (Å²) >= 11 is 3.66. The van der Waals surface area contributed by atoms with E-state index in [0.29, 0.717) is 0 Å². The van der Waals surface area contributed by atoms with Crippen molar-refractivity contribution in [3.63, 3.8) is 0 Å². The lowest BCUT2D eigenvalue weighted by atomic mass is 10.1. The van der Waals surface area contributed by atoms with Gasteiger partial charge < -0.3 is 4.90 Å². The largest absolute Gasteiger partial charge is 0.359 e. The molecule has 1 aliphatic carbocycles. The van der Waals surface area contributed by atoms with E-state index in [9.17, 15) is 0 Å². The second-order valence-electron chi connectivity index (χ2n) is 5.09. The highest BCUT2D eigenvalue weighted by atomic mass is 79.9. The molecule has 92 valence electrons. The van der Waals surface area contributed by atoms with Crippen LogP contribution in [0, 0.1) is 6.92 Å². The number of fused-ring (bicyclic) bond motifs is 4. The topological polar surface area (TPSA) is 34.0 Å². The second kappa shape index (κ2) is 3.15. The molecular weight excluding hydrogens is 292 g/mol. The fourth-order valence-electron chi connectivity index (χ4n) is 2.93. The molecule has 1 fully saturated rings. The maximum atomic E-state index is 4.64. The fourth-order valence-corrected chi connectivity index (χ4v) is 3.55. The number of hydrogen-bond donors (Lipinski definition) is 0. The summed E-state index contributed by atoms with van der Waals surface area (Å²) in [6.45, 7) is 1.96. The highest BCUT2D eigenvalue weighted by Crippen LogP contribution is 2.56. The Balaban J connectivity index is 2.09. The lowest BCUT2D eigenvalue weighted by molar-refractivity contribution is 0.570. The molecule has 4 nitrogen and oxygen atoms in total. The van der Waals surface area contributed by atoms with E-state index in [2.05, 4.69) is 50.1 Å². The molecule has 0 unspecified atom stereocenters. The van der Waals surface area contributed by atoms with E-state index in [1.165, 1.54) is 5.69 Å². The quantitative estimate of drug-likeness (QED) is 0.750. The number of anilines is 1. The predicted octanol–water partition coefficient (Wildman–Crippen LogP) is 2.78. The number of aromatic nitrogens is 3. The molecule has 1 aromatic carbocycles. The summed E-state index contributed by atoms with van der Waals surface area (Å²) in [6, 6.07) is 6.23. The molecule has 0 bridgehead atoms. The van der Waals surface area contributed by atoms with Crippen LogP contribution in [0.5, 0.6) is 0 Å². The van der Waals surface area contributed by atoms with Gasteiger partial charge in [0.15, 0.2) is 5.82 Å². The van der Waals surface area contributed by atoms with Crippen LogP contribution in [0.4, 0.5) is 5.69 Å². The van der Waals surface area contributed by atoms with E-state index in [1.54, 1.807) is 0 Å². The zero-order valence-electron chi connectivity index (χ0n) is 10.3. The Bertz CT molecular complexity index is 657. The van der Waals surface area contributed by atoms with Crippen molar-refractivity contribution in [2.75, 3.05) is 11.9 Å². The van der Waals surface area contributed by atoms with E-state index in [1.807, 2.05) is 17.7 Å². The minimum atomic E-state index is 0.0676. The SMILES string of the molecule is Cc1nc2n(n1)-c1cccc(Br)c1N(C)C21CC1. The van der Waals surface area contributed by atoms with Crippen LogP contribution in [-0.2, 0) is 5.54 Å². The first-order chi connectivity index (χ1) is 8.63. The Hall–Kier alpha value is -1.36. The molecule has 0 amide bonds. The van der Waals surface area contributed by atoms with Gasteiger partial charge in [-0.15, -0.1) is 0 Å². The monoisotopic (exact) mass is 304 g/mol. The van der Waals surface area contributed by atoms with Gasteiger partial charge in [-0.2, -0.15) is 5.10 Å². The molecule has 4 rings (SSSR count). The van der Waals surface area contributed by atoms with Crippen LogP contribution in [-0.4, -0.2) is 21.8 Å². The average Bonchev–Trinajstić information content (AvgIpc) is 3.04. The molecule has 0 radical (unpaired) electrons. The van der Waals surface area contributed by atoms with Crippen LogP contribution < -0.4 is 4.90 Å². The van der Waals surface area contributed by atoms with Gasteiger partial charge in [0.2, 0.25) is 0 Å². The van der Waals surface area contributed by atoms with Crippen LogP contribution in [0.2, 0.25) is 0 Å². The van der Waals surface area contributed by atoms with Crippen molar-refractivity contribution in [3.8, 4) is 5.69 Å². The van der Waals surface area contributed by atoms with E-state index in [-0.39, 0.29) is 5.54 Å². The Kier molecular flexibility index (Phi) is 1.84. The van der Waals surface area contributed by atoms with Crippen molar-refractivity contribution in [2.24, 2.45) is 0 Å². The number of para-hydroxylation sites is 1. The standard InChI is InChI=1S/C13H13BrN4/c1-8-15-12-13(6-7-13)17(2)11-9(14)4-3-5-10(11)18(12)16-8/h3-5H,6-7H2,1-2H3. The summed E-state index contributed by atoms with van der Waals surface area (Å²) in [5, 5.41) is 4.56. The van der Waals surface area contributed by atoms with E-state index >= 15 is 0 Å². The van der Waals surface area contributed by atoms with Gasteiger partial charge in [-0.05, 0) is 47.8 Å². The van der Waals surface area contributed by atoms with E-state index < -0.39 is 0 Å². The first-order valence-electron chi connectivity index (χ1n) is 6.10. The molecule has 2 heterocycles. The molecule has 5 heteroatoms. The minimum absolute atomic E-state index is 0.0676. The van der Waals surface area contributed by atoms with Gasteiger partial charge in [-0.1, -0.05) is 6.07 Å². The summed E-state index contributed by atoms with van der Waals surface area (Å²) in [7, 11) is 2.16. The number of hydrogen-bond acceptors (Lipinski definition) is 3. The van der Waals surface area contributed by atoms with Gasteiger partial charge >= 0.3 is 0 Å². The van der Waals surface area contributed by atoms with Crippen molar-refractivity contribution in [3.05, 3.63) is 34.3 Å². The second-order valence-corrected chi connectivity index (χ2v) is 5.95. The van der Waals surface area contributed by atoms with Crippen molar-refractivity contribution in [1.29, 1.82) is 0 Å². The van der Waals surface area contributed by atoms with Crippen LogP contribution in [0.1, 0.15) is 24.5 Å². The number of aryl methyl sites for hydroxylation is 1. The first kappa shape index (κ1) is 10.6. The molecule has 2 aromatic rings. The molecule has 18 heavy (non-hydrogen) atoms. The van der Waals surface area contributed by atoms with Crippen LogP contribution >= 0.6 is 15.9 Å². The molecule has 0 atom stereocenters. The lowest BCUT2D eigenvalue weighted by Gasteiger charge is -2.36. The smallest absolute Gasteiger partial charge is 0.158 e. The zero-order valence-corrected chi connectivity index (χ0v) is 11.9. The van der Waals surface area contributed by atoms with Crippen molar-refractivity contribution >= 4 is 21.6 Å². The Morgan fingerprint density at radius 2 is 2.11 bits per heavy atom. The Morgan fingerprint density at radius 1 is 1.33 bits per heavy atom. The molecule has 1 saturated carbocycles. The normalized spacial score (nSPS) is 18.7. The summed E-state index contributed by atoms with van der Waals surface area (Å²) in [6.07, 6.45) is 2.31. The molecule has 1 aromatic heterocycles. The van der Waals surface area contributed by atoms with Crippen LogP contribution in [0.25, 0.3) is 5.69 Å². The summed E-state index contributed by atoms with van der Waals surface area (Å²) in [5.74, 6) is 1.94. The molecule has 0 saturated heterocycles. The third-order valence-electron chi connectivity index (χ3n) is 4.02. The van der Waals surface area contributed by atoms with Crippen LogP contribution in [0.3, 0.4) is 0 Å². The first-order valence-corrected chi connectivity index (χ1v) is 6.90. The third-order valence-corrected chi connectivity index (χ3v) is 4.66. The highest BCUT2D eigenvalue weighted by Gasteiger charge is 2.55. The molecule has 2 aliphatic rings. The maximum absolute atomic E-state index is 4.64. The van der Waals surface area contributed by atoms with Gasteiger partial charge in [0.05, 0.1) is 11.4 Å². The summed E-state index contributed by atoms with van der Waals surface area (Å²) < 4.78 is 3.13.